The Kier molecular flexibility index (Phi) is 6.77. The van der Waals surface area contributed by atoms with Crippen LogP contribution in [0.1, 0.15) is 69.7 Å². The first-order valence-corrected chi connectivity index (χ1v) is 13.6. The number of benzene rings is 2. The van der Waals surface area contributed by atoms with E-state index in [0.29, 0.717) is 51.3 Å². The van der Waals surface area contributed by atoms with E-state index in [9.17, 15) is 9.59 Å². The Bertz CT molecular complexity index is 1600. The Hall–Kier alpha value is -3.65. The molecule has 1 unspecified atom stereocenters. The summed E-state index contributed by atoms with van der Waals surface area (Å²) in [5.74, 6) is 1.34. The lowest BCUT2D eigenvalue weighted by Crippen LogP contribution is -2.29. The number of hydrogen-bond acceptors (Lipinski definition) is 7. The molecule has 2 aromatic heterocycles. The molecule has 0 radical (unpaired) electrons. The molecule has 8 heteroatoms. The SMILES string of the molecule is COc1cc(C2c3c(oc4cc(C)c(C)cc4c3=O)C(=O)N2c2nc(C)c(C)s2)ccc1OCCC(C)C. The molecule has 1 atom stereocenters. The van der Waals surface area contributed by atoms with Crippen molar-refractivity contribution in [2.75, 3.05) is 18.6 Å². The number of thiazole rings is 1. The second-order valence-electron chi connectivity index (χ2n) is 10.3. The van der Waals surface area contributed by atoms with E-state index in [1.807, 2.05) is 58.0 Å². The fourth-order valence-electron chi connectivity index (χ4n) is 4.68. The van der Waals surface area contributed by atoms with Crippen molar-refractivity contribution in [1.29, 1.82) is 0 Å². The number of carbonyl (C=O) groups excluding carboxylic acids is 1. The van der Waals surface area contributed by atoms with Gasteiger partial charge in [0.25, 0.3) is 5.91 Å². The minimum absolute atomic E-state index is 0.0532. The molecule has 0 aliphatic carbocycles. The van der Waals surface area contributed by atoms with Crippen LogP contribution < -0.4 is 19.8 Å². The highest BCUT2D eigenvalue weighted by Crippen LogP contribution is 2.44. The van der Waals surface area contributed by atoms with Gasteiger partial charge in [-0.2, -0.15) is 0 Å². The van der Waals surface area contributed by atoms with E-state index in [1.54, 1.807) is 12.0 Å². The lowest BCUT2D eigenvalue weighted by atomic mass is 9.97. The third-order valence-electron chi connectivity index (χ3n) is 7.17. The van der Waals surface area contributed by atoms with Crippen LogP contribution in [0.5, 0.6) is 11.5 Å². The molecule has 0 N–H and O–H groups in total. The summed E-state index contributed by atoms with van der Waals surface area (Å²) in [4.78, 5) is 35.1. The summed E-state index contributed by atoms with van der Waals surface area (Å²) in [6.07, 6.45) is 0.916. The molecular weight excluding hydrogens is 500 g/mol. The topological polar surface area (TPSA) is 81.9 Å². The van der Waals surface area contributed by atoms with Crippen LogP contribution >= 0.6 is 11.3 Å². The van der Waals surface area contributed by atoms with Crippen molar-refractivity contribution in [2.24, 2.45) is 5.92 Å². The van der Waals surface area contributed by atoms with Gasteiger partial charge in [-0.05, 0) is 81.0 Å². The summed E-state index contributed by atoms with van der Waals surface area (Å²) < 4.78 is 17.8. The Balaban J connectivity index is 1.70. The standard InChI is InChI=1S/C30H32N2O5S/c1-15(2)10-11-36-22-9-8-20(14-24(22)35-7)26-25-27(33)21-12-16(3)17(4)13-23(21)37-28(25)29(34)32(26)30-31-18(5)19(6)38-30/h8-9,12-15,26H,10-11H2,1-7H3. The van der Waals surface area contributed by atoms with E-state index in [2.05, 4.69) is 18.8 Å². The number of ether oxygens (including phenoxy) is 2. The van der Waals surface area contributed by atoms with Crippen molar-refractivity contribution in [3.63, 3.8) is 0 Å². The van der Waals surface area contributed by atoms with Gasteiger partial charge in [-0.1, -0.05) is 19.9 Å². The lowest BCUT2D eigenvalue weighted by molar-refractivity contribution is 0.0971. The normalized spacial score (nSPS) is 15.0. The molecule has 38 heavy (non-hydrogen) atoms. The number of methoxy groups -OCH3 is 1. The van der Waals surface area contributed by atoms with Gasteiger partial charge in [-0.25, -0.2) is 4.98 Å². The molecule has 2 aromatic carbocycles. The van der Waals surface area contributed by atoms with Crippen molar-refractivity contribution in [3.8, 4) is 11.5 Å². The number of hydrogen-bond donors (Lipinski definition) is 0. The highest BCUT2D eigenvalue weighted by molar-refractivity contribution is 7.15. The number of aromatic nitrogens is 1. The molecule has 0 spiro atoms. The number of anilines is 1. The minimum Gasteiger partial charge on any atom is -0.493 e. The molecule has 0 bridgehead atoms. The summed E-state index contributed by atoms with van der Waals surface area (Å²) in [5.41, 5.74) is 4.03. The molecular formula is C30H32N2O5S. The summed E-state index contributed by atoms with van der Waals surface area (Å²) in [6.45, 7) is 12.6. The molecule has 0 saturated heterocycles. The number of nitrogens with zero attached hydrogens (tertiary/aromatic N) is 2. The minimum atomic E-state index is -0.719. The Labute approximate surface area is 226 Å². The number of rotatable bonds is 7. The van der Waals surface area contributed by atoms with Gasteiger partial charge in [-0.3, -0.25) is 14.5 Å². The van der Waals surface area contributed by atoms with Gasteiger partial charge in [-0.15, -0.1) is 11.3 Å². The first-order chi connectivity index (χ1) is 18.1. The Morgan fingerprint density at radius 1 is 1.05 bits per heavy atom. The third kappa shape index (κ3) is 4.36. The number of aryl methyl sites for hydroxylation is 4. The van der Waals surface area contributed by atoms with E-state index >= 15 is 0 Å². The van der Waals surface area contributed by atoms with Crippen molar-refractivity contribution in [3.05, 3.63) is 79.1 Å². The summed E-state index contributed by atoms with van der Waals surface area (Å²) in [7, 11) is 1.58. The van der Waals surface area contributed by atoms with Gasteiger partial charge in [0.05, 0.1) is 36.4 Å². The van der Waals surface area contributed by atoms with Crippen molar-refractivity contribution in [2.45, 2.75) is 54.0 Å². The van der Waals surface area contributed by atoms with Crippen molar-refractivity contribution in [1.82, 2.24) is 4.98 Å². The highest BCUT2D eigenvalue weighted by Gasteiger charge is 2.45. The predicted octanol–water partition coefficient (Wildman–Crippen LogP) is 6.67. The predicted molar refractivity (Wildman–Crippen MR) is 150 cm³/mol. The van der Waals surface area contributed by atoms with Gasteiger partial charge in [0.2, 0.25) is 5.76 Å². The second kappa shape index (κ2) is 9.91. The summed E-state index contributed by atoms with van der Waals surface area (Å²) in [5, 5.41) is 0.979. The maximum absolute atomic E-state index is 14.0. The van der Waals surface area contributed by atoms with Crippen LogP contribution in [0.15, 0.2) is 39.5 Å². The average molecular weight is 533 g/mol. The molecule has 5 rings (SSSR count). The van der Waals surface area contributed by atoms with Crippen LogP contribution in [-0.2, 0) is 0 Å². The van der Waals surface area contributed by atoms with Crippen LogP contribution in [0.3, 0.4) is 0 Å². The zero-order chi connectivity index (χ0) is 27.3. The molecule has 3 heterocycles. The van der Waals surface area contributed by atoms with Gasteiger partial charge in [0, 0.05) is 4.88 Å². The fraction of sp³-hybridized carbons (Fsp3) is 0.367. The van der Waals surface area contributed by atoms with Gasteiger partial charge in [0.1, 0.15) is 5.58 Å². The maximum atomic E-state index is 14.0. The van der Waals surface area contributed by atoms with E-state index in [4.69, 9.17) is 13.9 Å². The van der Waals surface area contributed by atoms with Crippen molar-refractivity contribution >= 4 is 33.3 Å². The number of fused-ring (bicyclic) bond motifs is 2. The lowest BCUT2D eigenvalue weighted by Gasteiger charge is -2.23. The molecule has 4 aromatic rings. The molecule has 1 amide bonds. The second-order valence-corrected chi connectivity index (χ2v) is 11.4. The van der Waals surface area contributed by atoms with E-state index in [-0.39, 0.29) is 17.1 Å². The molecule has 198 valence electrons. The fourth-order valence-corrected chi connectivity index (χ4v) is 5.61. The maximum Gasteiger partial charge on any atom is 0.297 e. The molecule has 0 saturated carbocycles. The number of carbonyl (C=O) groups is 1. The summed E-state index contributed by atoms with van der Waals surface area (Å²) >= 11 is 1.42. The zero-order valence-electron chi connectivity index (χ0n) is 22.8. The molecule has 1 aliphatic rings. The van der Waals surface area contributed by atoms with Crippen LogP contribution in [0, 0.1) is 33.6 Å². The largest absolute Gasteiger partial charge is 0.493 e. The quantitative estimate of drug-likeness (QED) is 0.265. The average Bonchev–Trinajstić information content (AvgIpc) is 3.36. The van der Waals surface area contributed by atoms with E-state index in [0.717, 1.165) is 28.1 Å². The Morgan fingerprint density at radius 2 is 1.79 bits per heavy atom. The monoisotopic (exact) mass is 532 g/mol. The zero-order valence-corrected chi connectivity index (χ0v) is 23.6. The van der Waals surface area contributed by atoms with Crippen LogP contribution in [0.2, 0.25) is 0 Å². The van der Waals surface area contributed by atoms with Gasteiger partial charge >= 0.3 is 0 Å². The van der Waals surface area contributed by atoms with Crippen LogP contribution in [0.4, 0.5) is 5.13 Å². The molecule has 1 aliphatic heterocycles. The van der Waals surface area contributed by atoms with Crippen LogP contribution in [0.25, 0.3) is 11.0 Å². The molecule has 7 nitrogen and oxygen atoms in total. The summed E-state index contributed by atoms with van der Waals surface area (Å²) in [6, 6.07) is 8.49. The number of amides is 1. The Morgan fingerprint density at radius 3 is 2.45 bits per heavy atom. The first kappa shape index (κ1) is 26.0. The first-order valence-electron chi connectivity index (χ1n) is 12.8. The van der Waals surface area contributed by atoms with E-state index < -0.39 is 6.04 Å². The highest BCUT2D eigenvalue weighted by atomic mass is 32.1. The van der Waals surface area contributed by atoms with Crippen LogP contribution in [-0.4, -0.2) is 24.6 Å². The molecule has 0 fully saturated rings. The van der Waals surface area contributed by atoms with Gasteiger partial charge in [0.15, 0.2) is 22.1 Å². The van der Waals surface area contributed by atoms with E-state index in [1.165, 1.54) is 11.3 Å². The van der Waals surface area contributed by atoms with Crippen molar-refractivity contribution < 1.29 is 18.7 Å². The smallest absolute Gasteiger partial charge is 0.297 e. The van der Waals surface area contributed by atoms with Gasteiger partial charge < -0.3 is 13.9 Å². The third-order valence-corrected chi connectivity index (χ3v) is 8.24.